The van der Waals surface area contributed by atoms with Gasteiger partial charge in [0.05, 0.1) is 22.9 Å². The second kappa shape index (κ2) is 9.80. The first-order valence-corrected chi connectivity index (χ1v) is 13.3. The number of sulfonamides is 1. The molecule has 1 unspecified atom stereocenters. The number of anilines is 1. The van der Waals surface area contributed by atoms with Crippen LogP contribution in [-0.4, -0.2) is 41.8 Å². The molecule has 0 heterocycles. The molecule has 2 aromatic carbocycles. The van der Waals surface area contributed by atoms with E-state index in [1.807, 2.05) is 0 Å². The van der Waals surface area contributed by atoms with Gasteiger partial charge in [-0.25, -0.2) is 16.8 Å². The van der Waals surface area contributed by atoms with Crippen molar-refractivity contribution in [3.63, 3.8) is 0 Å². The van der Waals surface area contributed by atoms with Gasteiger partial charge in [-0.2, -0.15) is 0 Å². The monoisotopic (exact) mass is 472 g/mol. The SMILES string of the molecule is CC(NC(=O)CCCN(c1cccc(Cl)c1)S(C)(=O)=O)c1ccc(S(C)(=O)=O)cc1. The van der Waals surface area contributed by atoms with Crippen molar-refractivity contribution in [2.24, 2.45) is 0 Å². The first-order valence-electron chi connectivity index (χ1n) is 9.20. The number of halogens is 1. The fraction of sp³-hybridized carbons (Fsp3) is 0.350. The van der Waals surface area contributed by atoms with E-state index in [4.69, 9.17) is 11.6 Å². The lowest BCUT2D eigenvalue weighted by molar-refractivity contribution is -0.121. The minimum atomic E-state index is -3.52. The number of hydrogen-bond acceptors (Lipinski definition) is 5. The molecule has 1 N–H and O–H groups in total. The Kier molecular flexibility index (Phi) is 7.90. The average molecular weight is 473 g/mol. The van der Waals surface area contributed by atoms with Crippen LogP contribution in [0.25, 0.3) is 0 Å². The molecule has 0 saturated carbocycles. The zero-order valence-electron chi connectivity index (χ0n) is 17.0. The number of rotatable bonds is 9. The van der Waals surface area contributed by atoms with Crippen molar-refractivity contribution in [3.8, 4) is 0 Å². The summed E-state index contributed by atoms with van der Waals surface area (Å²) >= 11 is 5.95. The largest absolute Gasteiger partial charge is 0.350 e. The molecule has 7 nitrogen and oxygen atoms in total. The Labute approximate surface area is 183 Å². The van der Waals surface area contributed by atoms with Gasteiger partial charge in [-0.15, -0.1) is 0 Å². The highest BCUT2D eigenvalue weighted by atomic mass is 35.5. The summed E-state index contributed by atoms with van der Waals surface area (Å²) in [6.45, 7) is 1.94. The molecule has 2 aromatic rings. The summed E-state index contributed by atoms with van der Waals surface area (Å²) in [7, 11) is -6.80. The molecule has 0 bridgehead atoms. The number of benzene rings is 2. The molecule has 0 aliphatic heterocycles. The number of carbonyl (C=O) groups excluding carboxylic acids is 1. The minimum Gasteiger partial charge on any atom is -0.350 e. The summed E-state index contributed by atoms with van der Waals surface area (Å²) < 4.78 is 48.5. The summed E-state index contributed by atoms with van der Waals surface area (Å²) in [5.74, 6) is -0.228. The Bertz CT molecular complexity index is 1100. The Balaban J connectivity index is 1.94. The maximum Gasteiger partial charge on any atom is 0.232 e. The van der Waals surface area contributed by atoms with E-state index < -0.39 is 19.9 Å². The molecule has 0 spiro atoms. The normalized spacial score (nSPS) is 12.9. The minimum absolute atomic E-state index is 0.137. The first kappa shape index (κ1) is 24.2. The van der Waals surface area contributed by atoms with Crippen LogP contribution in [0.15, 0.2) is 53.4 Å². The molecule has 0 aromatic heterocycles. The Morgan fingerprint density at radius 2 is 1.70 bits per heavy atom. The molecule has 0 aliphatic carbocycles. The summed E-state index contributed by atoms with van der Waals surface area (Å²) in [5.41, 5.74) is 1.22. The molecule has 0 fully saturated rings. The molecule has 1 atom stereocenters. The second-order valence-corrected chi connectivity index (χ2v) is 11.4. The highest BCUT2D eigenvalue weighted by molar-refractivity contribution is 7.92. The Morgan fingerprint density at radius 1 is 1.07 bits per heavy atom. The van der Waals surface area contributed by atoms with E-state index in [9.17, 15) is 21.6 Å². The molecule has 10 heteroatoms. The van der Waals surface area contributed by atoms with Crippen molar-refractivity contribution in [1.82, 2.24) is 5.32 Å². The van der Waals surface area contributed by atoms with Crippen molar-refractivity contribution < 1.29 is 21.6 Å². The Hall–Kier alpha value is -2.10. The lowest BCUT2D eigenvalue weighted by Gasteiger charge is -2.22. The summed E-state index contributed by atoms with van der Waals surface area (Å²) in [4.78, 5) is 12.5. The average Bonchev–Trinajstić information content (AvgIpc) is 2.63. The van der Waals surface area contributed by atoms with E-state index in [1.54, 1.807) is 43.3 Å². The lowest BCUT2D eigenvalue weighted by Crippen LogP contribution is -2.32. The predicted octanol–water partition coefficient (Wildman–Crippen LogP) is 3.17. The van der Waals surface area contributed by atoms with Crippen molar-refractivity contribution in [2.75, 3.05) is 23.4 Å². The lowest BCUT2D eigenvalue weighted by atomic mass is 10.1. The predicted molar refractivity (Wildman–Crippen MR) is 119 cm³/mol. The van der Waals surface area contributed by atoms with E-state index in [2.05, 4.69) is 5.32 Å². The fourth-order valence-electron chi connectivity index (χ4n) is 2.90. The van der Waals surface area contributed by atoms with Crippen LogP contribution >= 0.6 is 11.6 Å². The van der Waals surface area contributed by atoms with E-state index in [0.29, 0.717) is 17.1 Å². The Morgan fingerprint density at radius 3 is 2.23 bits per heavy atom. The van der Waals surface area contributed by atoms with Crippen LogP contribution in [0.3, 0.4) is 0 Å². The topological polar surface area (TPSA) is 101 Å². The van der Waals surface area contributed by atoms with Gasteiger partial charge in [-0.3, -0.25) is 9.10 Å². The van der Waals surface area contributed by atoms with E-state index >= 15 is 0 Å². The van der Waals surface area contributed by atoms with Gasteiger partial charge in [0.1, 0.15) is 0 Å². The first-order chi connectivity index (χ1) is 13.9. The van der Waals surface area contributed by atoms with Crippen LogP contribution in [0, 0.1) is 0 Å². The van der Waals surface area contributed by atoms with Crippen molar-refractivity contribution in [3.05, 3.63) is 59.1 Å². The van der Waals surface area contributed by atoms with Crippen LogP contribution in [0.5, 0.6) is 0 Å². The van der Waals surface area contributed by atoms with Gasteiger partial charge in [0.15, 0.2) is 9.84 Å². The van der Waals surface area contributed by atoms with Crippen LogP contribution in [0.2, 0.25) is 5.02 Å². The van der Waals surface area contributed by atoms with Crippen LogP contribution in [0.1, 0.15) is 31.4 Å². The van der Waals surface area contributed by atoms with Crippen LogP contribution < -0.4 is 9.62 Å². The molecular formula is C20H25ClN2O5S2. The van der Waals surface area contributed by atoms with Crippen LogP contribution in [0.4, 0.5) is 5.69 Å². The third-order valence-electron chi connectivity index (χ3n) is 4.45. The van der Waals surface area contributed by atoms with Crippen molar-refractivity contribution in [1.29, 1.82) is 0 Å². The zero-order chi connectivity index (χ0) is 22.5. The number of hydrogen-bond donors (Lipinski definition) is 1. The van der Waals surface area contributed by atoms with Gasteiger partial charge in [0, 0.05) is 24.2 Å². The van der Waals surface area contributed by atoms with E-state index in [-0.39, 0.29) is 29.8 Å². The van der Waals surface area contributed by atoms with Gasteiger partial charge < -0.3 is 5.32 Å². The molecule has 164 valence electrons. The van der Waals surface area contributed by atoms with Crippen molar-refractivity contribution >= 4 is 43.1 Å². The summed E-state index contributed by atoms with van der Waals surface area (Å²) in [6, 6.07) is 12.5. The van der Waals surface area contributed by atoms with Gasteiger partial charge in [0.2, 0.25) is 15.9 Å². The number of amides is 1. The van der Waals surface area contributed by atoms with E-state index in [0.717, 1.165) is 18.1 Å². The maximum atomic E-state index is 12.3. The molecule has 0 aliphatic rings. The molecular weight excluding hydrogens is 448 g/mol. The quantitative estimate of drug-likeness (QED) is 0.604. The highest BCUT2D eigenvalue weighted by Gasteiger charge is 2.18. The summed E-state index contributed by atoms with van der Waals surface area (Å²) in [5, 5.41) is 3.26. The fourth-order valence-corrected chi connectivity index (χ4v) is 4.67. The van der Waals surface area contributed by atoms with Crippen molar-refractivity contribution in [2.45, 2.75) is 30.7 Å². The molecule has 0 saturated heterocycles. The van der Waals surface area contributed by atoms with Gasteiger partial charge in [-0.1, -0.05) is 29.8 Å². The standard InChI is InChI=1S/C20H25ClN2O5S2/c1-15(16-9-11-19(12-10-16)29(2,25)26)22-20(24)8-5-13-23(30(3,27)28)18-7-4-6-17(21)14-18/h4,6-7,9-12,14-15H,5,8,13H2,1-3H3,(H,22,24). The molecule has 2 rings (SSSR count). The van der Waals surface area contributed by atoms with Gasteiger partial charge in [-0.05, 0) is 49.2 Å². The van der Waals surface area contributed by atoms with Gasteiger partial charge in [0.25, 0.3) is 0 Å². The highest BCUT2D eigenvalue weighted by Crippen LogP contribution is 2.22. The zero-order valence-corrected chi connectivity index (χ0v) is 19.4. The molecule has 0 radical (unpaired) electrons. The van der Waals surface area contributed by atoms with Gasteiger partial charge >= 0.3 is 0 Å². The maximum absolute atomic E-state index is 12.3. The number of nitrogens with zero attached hydrogens (tertiary/aromatic N) is 1. The van der Waals surface area contributed by atoms with E-state index in [1.165, 1.54) is 16.4 Å². The number of carbonyl (C=O) groups is 1. The smallest absolute Gasteiger partial charge is 0.232 e. The third-order valence-corrected chi connectivity index (χ3v) is 7.00. The third kappa shape index (κ3) is 7.00. The number of nitrogens with one attached hydrogen (secondary N) is 1. The van der Waals surface area contributed by atoms with Crippen LogP contribution in [-0.2, 0) is 24.7 Å². The summed E-state index contributed by atoms with van der Waals surface area (Å²) in [6.07, 6.45) is 2.70. The molecule has 1 amide bonds. The second-order valence-electron chi connectivity index (χ2n) is 7.05. The molecule has 30 heavy (non-hydrogen) atoms. The number of sulfone groups is 1.